The van der Waals surface area contributed by atoms with E-state index < -0.39 is 6.36 Å². The monoisotopic (exact) mass is 395 g/mol. The highest BCUT2D eigenvalue weighted by Gasteiger charge is 2.32. The largest absolute Gasteiger partial charge is 0.573 e. The molecule has 10 heteroatoms. The zero-order chi connectivity index (χ0) is 19.7. The van der Waals surface area contributed by atoms with Gasteiger partial charge < -0.3 is 19.5 Å². The van der Waals surface area contributed by atoms with Crippen molar-refractivity contribution >= 4 is 5.91 Å². The summed E-state index contributed by atoms with van der Waals surface area (Å²) in [5.74, 6) is 1.66. The quantitative estimate of drug-likeness (QED) is 0.864. The molecule has 0 spiro atoms. The van der Waals surface area contributed by atoms with Gasteiger partial charge in [0.1, 0.15) is 17.4 Å². The van der Waals surface area contributed by atoms with Gasteiger partial charge in [0.25, 0.3) is 5.91 Å². The Hall–Kier alpha value is -2.62. The molecule has 7 nitrogen and oxygen atoms in total. The van der Waals surface area contributed by atoms with Crippen molar-refractivity contribution in [1.29, 1.82) is 0 Å². The van der Waals surface area contributed by atoms with Gasteiger partial charge in [-0.25, -0.2) is 0 Å². The number of amides is 1. The number of benzene rings is 1. The molecule has 0 saturated carbocycles. The number of ether oxygens (including phenoxy) is 1. The summed E-state index contributed by atoms with van der Waals surface area (Å²) >= 11 is 0. The first-order valence-electron chi connectivity index (χ1n) is 9.18. The smallest absolute Gasteiger partial charge is 0.406 e. The fraction of sp³-hybridized carbons (Fsp3) is 0.500. The van der Waals surface area contributed by atoms with Crippen molar-refractivity contribution < 1.29 is 22.7 Å². The minimum atomic E-state index is -4.75. The summed E-state index contributed by atoms with van der Waals surface area (Å²) in [7, 11) is 0. The van der Waals surface area contributed by atoms with E-state index in [1.807, 2.05) is 0 Å². The molecule has 1 amide bonds. The summed E-state index contributed by atoms with van der Waals surface area (Å²) in [5, 5.41) is 11.9. The van der Waals surface area contributed by atoms with Crippen LogP contribution in [0.3, 0.4) is 0 Å². The van der Waals surface area contributed by atoms with Gasteiger partial charge in [0.2, 0.25) is 0 Å². The van der Waals surface area contributed by atoms with E-state index in [2.05, 4.69) is 24.8 Å². The van der Waals surface area contributed by atoms with Gasteiger partial charge >= 0.3 is 6.36 Å². The van der Waals surface area contributed by atoms with Gasteiger partial charge in [-0.3, -0.25) is 4.79 Å². The number of likely N-dealkylation sites (tertiary alicyclic amines) is 1. The molecular weight excluding hydrogens is 375 g/mol. The molecule has 1 aromatic carbocycles. The van der Waals surface area contributed by atoms with Gasteiger partial charge in [0, 0.05) is 37.7 Å². The lowest BCUT2D eigenvalue weighted by molar-refractivity contribution is -0.274. The fourth-order valence-corrected chi connectivity index (χ4v) is 3.74. The number of hydrogen-bond donors (Lipinski definition) is 1. The lowest BCUT2D eigenvalue weighted by Gasteiger charge is -2.32. The molecule has 1 N–H and O–H groups in total. The predicted octanol–water partition coefficient (Wildman–Crippen LogP) is 2.30. The van der Waals surface area contributed by atoms with Gasteiger partial charge in [-0.05, 0) is 37.1 Å². The van der Waals surface area contributed by atoms with Gasteiger partial charge in [0.05, 0.1) is 6.54 Å². The van der Waals surface area contributed by atoms with E-state index in [1.54, 1.807) is 4.90 Å². The molecule has 3 heterocycles. The SMILES string of the molecule is O=C(c1ccc(OC(F)(F)F)cc1)N1CCC(c2nnc3n2CCNC3)CC1. The number of alkyl halides is 3. The number of nitrogens with zero attached hydrogens (tertiary/aromatic N) is 4. The molecule has 1 fully saturated rings. The zero-order valence-corrected chi connectivity index (χ0v) is 15.1. The van der Waals surface area contributed by atoms with E-state index in [0.29, 0.717) is 18.7 Å². The van der Waals surface area contributed by atoms with Gasteiger partial charge in [0.15, 0.2) is 0 Å². The second-order valence-corrected chi connectivity index (χ2v) is 6.94. The number of carbonyl (C=O) groups is 1. The first-order valence-corrected chi connectivity index (χ1v) is 9.18. The molecule has 1 saturated heterocycles. The third kappa shape index (κ3) is 3.96. The number of carbonyl (C=O) groups excluding carboxylic acids is 1. The van der Waals surface area contributed by atoms with Crippen LogP contribution >= 0.6 is 0 Å². The van der Waals surface area contributed by atoms with Crippen molar-refractivity contribution in [3.8, 4) is 5.75 Å². The van der Waals surface area contributed by atoms with Crippen molar-refractivity contribution in [2.24, 2.45) is 0 Å². The van der Waals surface area contributed by atoms with Crippen LogP contribution < -0.4 is 10.1 Å². The van der Waals surface area contributed by atoms with E-state index in [0.717, 1.165) is 56.3 Å². The van der Waals surface area contributed by atoms with Crippen LogP contribution in [0, 0.1) is 0 Å². The molecule has 2 aliphatic rings. The lowest BCUT2D eigenvalue weighted by atomic mass is 9.95. The van der Waals surface area contributed by atoms with Crippen LogP contribution in [0.1, 0.15) is 40.8 Å². The van der Waals surface area contributed by atoms with Crippen molar-refractivity contribution in [3.05, 3.63) is 41.5 Å². The second-order valence-electron chi connectivity index (χ2n) is 6.94. The Balaban J connectivity index is 1.37. The molecular formula is C18H20F3N5O2. The molecule has 0 atom stereocenters. The maximum atomic E-state index is 12.6. The topological polar surface area (TPSA) is 72.3 Å². The van der Waals surface area contributed by atoms with Crippen LogP contribution in [-0.4, -0.2) is 51.6 Å². The highest BCUT2D eigenvalue weighted by Crippen LogP contribution is 2.29. The third-order valence-corrected chi connectivity index (χ3v) is 5.13. The molecule has 150 valence electrons. The Morgan fingerprint density at radius 3 is 2.50 bits per heavy atom. The number of aromatic nitrogens is 3. The number of nitrogens with one attached hydrogen (secondary N) is 1. The molecule has 0 bridgehead atoms. The Kier molecular flexibility index (Phi) is 4.96. The summed E-state index contributed by atoms with van der Waals surface area (Å²) in [4.78, 5) is 14.4. The average Bonchev–Trinajstić information content (AvgIpc) is 3.11. The highest BCUT2D eigenvalue weighted by atomic mass is 19.4. The second kappa shape index (κ2) is 7.42. The minimum Gasteiger partial charge on any atom is -0.406 e. The summed E-state index contributed by atoms with van der Waals surface area (Å²) in [6, 6.07) is 5.03. The Morgan fingerprint density at radius 2 is 1.82 bits per heavy atom. The van der Waals surface area contributed by atoms with Crippen molar-refractivity contribution in [3.63, 3.8) is 0 Å². The molecule has 0 radical (unpaired) electrons. The lowest BCUT2D eigenvalue weighted by Crippen LogP contribution is -2.38. The van der Waals surface area contributed by atoms with Gasteiger partial charge in [-0.1, -0.05) is 0 Å². The van der Waals surface area contributed by atoms with E-state index in [1.165, 1.54) is 12.1 Å². The number of hydrogen-bond acceptors (Lipinski definition) is 5. The summed E-state index contributed by atoms with van der Waals surface area (Å²) in [6.07, 6.45) is -3.18. The molecule has 0 aliphatic carbocycles. The maximum absolute atomic E-state index is 12.6. The summed E-state index contributed by atoms with van der Waals surface area (Å²) in [5.41, 5.74) is 0.346. The third-order valence-electron chi connectivity index (χ3n) is 5.13. The van der Waals surface area contributed by atoms with Crippen LogP contribution in [0.4, 0.5) is 13.2 Å². The number of fused-ring (bicyclic) bond motifs is 1. The first kappa shape index (κ1) is 18.7. The Bertz CT molecular complexity index is 842. The Labute approximate surface area is 159 Å². The van der Waals surface area contributed by atoms with Crippen molar-refractivity contribution in [2.45, 2.75) is 38.2 Å². The number of rotatable bonds is 3. The molecule has 0 unspecified atom stereocenters. The number of piperidine rings is 1. The van der Waals surface area contributed by atoms with Crippen LogP contribution in [-0.2, 0) is 13.1 Å². The van der Waals surface area contributed by atoms with Crippen molar-refractivity contribution in [1.82, 2.24) is 25.0 Å². The van der Waals surface area contributed by atoms with E-state index in [-0.39, 0.29) is 17.6 Å². The van der Waals surface area contributed by atoms with Crippen LogP contribution in [0.15, 0.2) is 24.3 Å². The molecule has 1 aromatic heterocycles. The highest BCUT2D eigenvalue weighted by molar-refractivity contribution is 5.94. The van der Waals surface area contributed by atoms with Crippen LogP contribution in [0.2, 0.25) is 0 Å². The average molecular weight is 395 g/mol. The predicted molar refractivity (Wildman–Crippen MR) is 92.7 cm³/mol. The molecule has 2 aromatic rings. The zero-order valence-electron chi connectivity index (χ0n) is 15.1. The standard InChI is InChI=1S/C18H20F3N5O2/c19-18(20,21)28-14-3-1-13(2-4-14)17(27)25-8-5-12(6-9-25)16-24-23-15-11-22-7-10-26(15)16/h1-4,12,22H,5-11H2. The van der Waals surface area contributed by atoms with Crippen LogP contribution in [0.25, 0.3) is 0 Å². The number of halogens is 3. The summed E-state index contributed by atoms with van der Waals surface area (Å²) in [6.45, 7) is 3.61. The van der Waals surface area contributed by atoms with E-state index in [9.17, 15) is 18.0 Å². The molecule has 28 heavy (non-hydrogen) atoms. The van der Waals surface area contributed by atoms with Crippen molar-refractivity contribution in [2.75, 3.05) is 19.6 Å². The first-order chi connectivity index (χ1) is 13.4. The minimum absolute atomic E-state index is 0.190. The maximum Gasteiger partial charge on any atom is 0.573 e. The summed E-state index contributed by atoms with van der Waals surface area (Å²) < 4.78 is 42.7. The van der Waals surface area contributed by atoms with Gasteiger partial charge in [-0.2, -0.15) is 0 Å². The Morgan fingerprint density at radius 1 is 1.11 bits per heavy atom. The molecule has 2 aliphatic heterocycles. The van der Waals surface area contributed by atoms with Gasteiger partial charge in [-0.15, -0.1) is 23.4 Å². The van der Waals surface area contributed by atoms with E-state index >= 15 is 0 Å². The molecule has 4 rings (SSSR count). The fourth-order valence-electron chi connectivity index (χ4n) is 3.74. The van der Waals surface area contributed by atoms with Crippen LogP contribution in [0.5, 0.6) is 5.75 Å². The normalized spacial score (nSPS) is 18.0. The van der Waals surface area contributed by atoms with E-state index in [4.69, 9.17) is 0 Å².